The highest BCUT2D eigenvalue weighted by Gasteiger charge is 2.18. The van der Waals surface area contributed by atoms with Crippen molar-refractivity contribution in [3.63, 3.8) is 0 Å². The van der Waals surface area contributed by atoms with E-state index in [1.54, 1.807) is 18.2 Å². The predicted molar refractivity (Wildman–Crippen MR) is 98.1 cm³/mol. The molecule has 10 heteroatoms. The van der Waals surface area contributed by atoms with Crippen molar-refractivity contribution in [3.05, 3.63) is 37.1 Å². The minimum atomic E-state index is -1.13. The minimum Gasteiger partial charge on any atom is -0.493 e. The van der Waals surface area contributed by atoms with Gasteiger partial charge in [0, 0.05) is 16.9 Å². The monoisotopic (exact) mass is 404 g/mol. The first-order valence-corrected chi connectivity index (χ1v) is 9.05. The highest BCUT2D eigenvalue weighted by Crippen LogP contribution is 2.30. The highest BCUT2D eigenvalue weighted by molar-refractivity contribution is 7.73. The summed E-state index contributed by atoms with van der Waals surface area (Å²) in [6.45, 7) is 0.420. The van der Waals surface area contributed by atoms with Crippen LogP contribution in [0, 0.1) is 3.95 Å². The number of amides is 1. The lowest BCUT2D eigenvalue weighted by atomic mass is 10.1. The van der Waals surface area contributed by atoms with Crippen LogP contribution < -0.4 is 20.0 Å². The first-order valence-electron chi connectivity index (χ1n) is 7.83. The number of nitrogens with zero attached hydrogens (tertiary/aromatic N) is 2. The molecule has 2 aromatic rings. The average Bonchev–Trinajstić information content (AvgIpc) is 2.88. The van der Waals surface area contributed by atoms with Crippen LogP contribution in [-0.2, 0) is 16.1 Å². The van der Waals surface area contributed by atoms with Crippen LogP contribution in [0.15, 0.2) is 22.7 Å². The van der Waals surface area contributed by atoms with Gasteiger partial charge in [-0.05, 0) is 30.4 Å². The predicted octanol–water partition coefficient (Wildman–Crippen LogP) is 0.864. The van der Waals surface area contributed by atoms with Crippen LogP contribution in [0.1, 0.15) is 4.88 Å². The zero-order valence-corrected chi connectivity index (χ0v) is 15.3. The zero-order chi connectivity index (χ0) is 19.1. The van der Waals surface area contributed by atoms with Crippen LogP contribution in [-0.4, -0.2) is 39.9 Å². The van der Waals surface area contributed by atoms with Crippen LogP contribution in [0.2, 0.25) is 0 Å². The summed E-state index contributed by atoms with van der Waals surface area (Å²) in [4.78, 5) is 27.6. The van der Waals surface area contributed by atoms with Gasteiger partial charge in [0.25, 0.3) is 5.91 Å². The molecule has 138 valence electrons. The molecule has 0 aliphatic carbocycles. The summed E-state index contributed by atoms with van der Waals surface area (Å²) in [7, 11) is 0. The average molecular weight is 404 g/mol. The summed E-state index contributed by atoms with van der Waals surface area (Å²) in [6, 6.07) is 3.39. The summed E-state index contributed by atoms with van der Waals surface area (Å²) >= 11 is 6.10. The first kappa shape index (κ1) is 17.4. The molecule has 27 heavy (non-hydrogen) atoms. The number of ether oxygens (including phenoxy) is 2. The molecule has 2 aliphatic rings. The molecule has 0 saturated carbocycles. The normalized spacial score (nSPS) is 16.4. The molecule has 0 atom stereocenters. The Morgan fingerprint density at radius 1 is 1.33 bits per heavy atom. The maximum Gasteiger partial charge on any atom is 0.323 e. The van der Waals surface area contributed by atoms with Gasteiger partial charge < -0.3 is 19.7 Å². The summed E-state index contributed by atoms with van der Waals surface area (Å²) in [6.07, 6.45) is 3.08. The number of rotatable bonds is 3. The second kappa shape index (κ2) is 6.63. The Morgan fingerprint density at radius 2 is 2.04 bits per heavy atom. The van der Waals surface area contributed by atoms with Crippen molar-refractivity contribution in [1.29, 1.82) is 0 Å². The van der Waals surface area contributed by atoms with Crippen molar-refractivity contribution in [2.45, 2.75) is 6.54 Å². The Hall–Kier alpha value is -2.98. The minimum absolute atomic E-state index is 0.196. The molecule has 0 radical (unpaired) electrons. The Bertz CT molecular complexity index is 1190. The van der Waals surface area contributed by atoms with E-state index in [-0.39, 0.29) is 20.3 Å². The molecule has 2 aliphatic heterocycles. The van der Waals surface area contributed by atoms with Gasteiger partial charge in [0.15, 0.2) is 15.5 Å². The van der Waals surface area contributed by atoms with Gasteiger partial charge in [-0.1, -0.05) is 0 Å². The fourth-order valence-electron chi connectivity index (χ4n) is 2.74. The molecule has 0 saturated heterocycles. The number of carboxylic acids is 1. The van der Waals surface area contributed by atoms with E-state index in [9.17, 15) is 14.7 Å². The van der Waals surface area contributed by atoms with Gasteiger partial charge >= 0.3 is 5.97 Å². The third-order valence-corrected chi connectivity index (χ3v) is 5.33. The van der Waals surface area contributed by atoms with E-state index >= 15 is 0 Å². The van der Waals surface area contributed by atoms with Gasteiger partial charge in [-0.25, -0.2) is 4.99 Å². The molecular formula is C17H12N2O6S2. The molecule has 0 unspecified atom stereocenters. The zero-order valence-electron chi connectivity index (χ0n) is 13.7. The van der Waals surface area contributed by atoms with E-state index in [1.165, 1.54) is 6.08 Å². The highest BCUT2D eigenvalue weighted by atomic mass is 32.1. The standard InChI is InChI=1S/C17H12N2O6S2/c20-14(21)7-19-16(23)13(27-17(19)26)5-9-3-8-4-11-12(25-2-1-24-11)6-10(8)18-15(9)22/h3-6,23H,1-2,7H2,(H,20,21)/b9-5-. The summed E-state index contributed by atoms with van der Waals surface area (Å²) in [5, 5.41) is 20.3. The molecule has 4 rings (SSSR count). The van der Waals surface area contributed by atoms with Crippen molar-refractivity contribution < 1.29 is 29.3 Å². The third-order valence-electron chi connectivity index (χ3n) is 3.95. The van der Waals surface area contributed by atoms with Crippen molar-refractivity contribution in [2.24, 2.45) is 4.99 Å². The van der Waals surface area contributed by atoms with E-state index < -0.39 is 18.4 Å². The van der Waals surface area contributed by atoms with Crippen molar-refractivity contribution in [1.82, 2.24) is 4.57 Å². The smallest absolute Gasteiger partial charge is 0.323 e. The Kier molecular flexibility index (Phi) is 4.28. The topological polar surface area (TPSA) is 110 Å². The summed E-state index contributed by atoms with van der Waals surface area (Å²) < 4.78 is 12.3. The lowest BCUT2D eigenvalue weighted by molar-refractivity contribution is -0.137. The number of carboxylic acid groups (broad SMARTS) is 1. The van der Waals surface area contributed by atoms with Gasteiger partial charge in [0.1, 0.15) is 19.8 Å². The molecule has 8 nitrogen and oxygen atoms in total. The SMILES string of the molecule is O=C(O)Cn1c(O)c(/C=C2/C=c3cc4c(cc3=NC2=O)OCCO4)sc1=S. The molecule has 1 amide bonds. The number of aromatic hydroxyl groups is 1. The number of carbonyl (C=O) groups is 2. The number of hydrogen-bond acceptors (Lipinski definition) is 7. The molecule has 0 spiro atoms. The van der Waals surface area contributed by atoms with E-state index in [0.29, 0.717) is 35.3 Å². The van der Waals surface area contributed by atoms with Gasteiger partial charge in [-0.15, -0.1) is 11.3 Å². The number of hydrogen-bond donors (Lipinski definition) is 2. The van der Waals surface area contributed by atoms with E-state index in [0.717, 1.165) is 15.9 Å². The van der Waals surface area contributed by atoms with Crippen LogP contribution in [0.4, 0.5) is 0 Å². The van der Waals surface area contributed by atoms with Gasteiger partial charge in [0.2, 0.25) is 5.88 Å². The van der Waals surface area contributed by atoms with Crippen molar-refractivity contribution in [2.75, 3.05) is 13.2 Å². The maximum absolute atomic E-state index is 12.4. The number of thiazole rings is 1. The second-order valence-electron chi connectivity index (χ2n) is 5.75. The Morgan fingerprint density at radius 3 is 2.74 bits per heavy atom. The molecule has 0 fully saturated rings. The number of aliphatic carboxylic acids is 1. The fourth-order valence-corrected chi connectivity index (χ4v) is 3.99. The lowest BCUT2D eigenvalue weighted by Gasteiger charge is -2.18. The number of benzene rings is 1. The Labute approximate surface area is 160 Å². The van der Waals surface area contributed by atoms with Gasteiger partial charge in [0.05, 0.1) is 10.2 Å². The molecule has 1 aromatic heterocycles. The first-order chi connectivity index (χ1) is 12.9. The van der Waals surface area contributed by atoms with Gasteiger partial charge in [-0.3, -0.25) is 14.2 Å². The van der Waals surface area contributed by atoms with E-state index in [1.807, 2.05) is 0 Å². The second-order valence-corrected chi connectivity index (χ2v) is 7.43. The number of fused-ring (bicyclic) bond motifs is 2. The lowest BCUT2D eigenvalue weighted by Crippen LogP contribution is -2.32. The van der Waals surface area contributed by atoms with E-state index in [4.69, 9.17) is 26.8 Å². The van der Waals surface area contributed by atoms with Crippen molar-refractivity contribution >= 4 is 47.6 Å². The van der Waals surface area contributed by atoms with Crippen LogP contribution in [0.5, 0.6) is 17.4 Å². The molecular weight excluding hydrogens is 392 g/mol. The third kappa shape index (κ3) is 3.24. The molecule has 2 N–H and O–H groups in total. The van der Waals surface area contributed by atoms with Crippen molar-refractivity contribution in [3.8, 4) is 17.4 Å². The molecule has 0 bridgehead atoms. The van der Waals surface area contributed by atoms with Crippen LogP contribution in [0.25, 0.3) is 12.2 Å². The maximum atomic E-state index is 12.4. The molecule has 1 aromatic carbocycles. The van der Waals surface area contributed by atoms with Gasteiger partial charge in [-0.2, -0.15) is 0 Å². The number of aromatic nitrogens is 1. The summed E-state index contributed by atoms with van der Waals surface area (Å²) in [5.74, 6) is -0.795. The summed E-state index contributed by atoms with van der Waals surface area (Å²) in [5.41, 5.74) is 0.244. The van der Waals surface area contributed by atoms with E-state index in [2.05, 4.69) is 4.99 Å². The Balaban J connectivity index is 1.80. The van der Waals surface area contributed by atoms with Crippen LogP contribution >= 0.6 is 23.6 Å². The fraction of sp³-hybridized carbons (Fsp3) is 0.176. The quantitative estimate of drug-likeness (QED) is 0.577. The van der Waals surface area contributed by atoms with Crippen LogP contribution in [0.3, 0.4) is 0 Å². The largest absolute Gasteiger partial charge is 0.493 e. The number of carbonyl (C=O) groups excluding carboxylic acids is 1. The molecule has 3 heterocycles.